The van der Waals surface area contributed by atoms with Gasteiger partial charge in [-0.25, -0.2) is 5.26 Å². The largest absolute Gasteiger partial charge is 0.381 e. The van der Waals surface area contributed by atoms with Crippen LogP contribution in [0.3, 0.4) is 0 Å². The van der Waals surface area contributed by atoms with Crippen LogP contribution in [-0.2, 0) is 9.07 Å². The number of rotatable bonds is 11. The Morgan fingerprint density at radius 2 is 1.84 bits per heavy atom. The first-order chi connectivity index (χ1) is 9.33. The quantitative estimate of drug-likeness (QED) is 0.190. The van der Waals surface area contributed by atoms with Gasteiger partial charge in [-0.1, -0.05) is 63.1 Å². The van der Waals surface area contributed by atoms with Crippen molar-refractivity contribution < 1.29 is 14.3 Å². The van der Waals surface area contributed by atoms with E-state index in [0.29, 0.717) is 0 Å². The molecular formula is C15H28O3S. The lowest BCUT2D eigenvalue weighted by Gasteiger charge is -2.01. The van der Waals surface area contributed by atoms with Gasteiger partial charge in [0.15, 0.2) is 0 Å². The number of hydrogen-bond acceptors (Lipinski definition) is 4. The maximum absolute atomic E-state index is 7.34. The van der Waals surface area contributed by atoms with E-state index in [1.165, 1.54) is 25.7 Å². The van der Waals surface area contributed by atoms with Gasteiger partial charge in [0.05, 0.1) is 6.61 Å². The molecule has 0 saturated heterocycles. The van der Waals surface area contributed by atoms with Crippen molar-refractivity contribution in [3.63, 3.8) is 0 Å². The molecule has 0 bridgehead atoms. The second kappa shape index (κ2) is 22.6. The zero-order chi connectivity index (χ0) is 14.6. The van der Waals surface area contributed by atoms with Crippen molar-refractivity contribution in [2.45, 2.75) is 39.0 Å². The van der Waals surface area contributed by atoms with E-state index in [9.17, 15) is 0 Å². The Hall–Kier alpha value is -0.550. The minimum atomic E-state index is 0.838. The third-order valence-electron chi connectivity index (χ3n) is 2.14. The number of hydrogen-bond donors (Lipinski definition) is 1. The van der Waals surface area contributed by atoms with Crippen molar-refractivity contribution in [2.75, 3.05) is 19.5 Å². The van der Waals surface area contributed by atoms with Crippen molar-refractivity contribution in [2.24, 2.45) is 0 Å². The minimum Gasteiger partial charge on any atom is -0.381 e. The molecule has 0 amide bonds. The summed E-state index contributed by atoms with van der Waals surface area (Å²) in [4.78, 5) is 0. The number of ether oxygens (including phenoxy) is 1. The van der Waals surface area contributed by atoms with Gasteiger partial charge < -0.3 is 4.74 Å². The smallest absolute Gasteiger partial charge is 0.0500 e. The van der Waals surface area contributed by atoms with Crippen molar-refractivity contribution in [1.29, 1.82) is 0 Å². The van der Waals surface area contributed by atoms with E-state index < -0.39 is 0 Å². The highest BCUT2D eigenvalue weighted by atomic mass is 32.2. The molecule has 0 unspecified atom stereocenters. The van der Waals surface area contributed by atoms with Gasteiger partial charge in [-0.2, -0.15) is 4.33 Å². The molecule has 0 radical (unpaired) electrons. The van der Waals surface area contributed by atoms with Gasteiger partial charge in [-0.15, -0.1) is 0 Å². The molecule has 112 valence electrons. The van der Waals surface area contributed by atoms with E-state index in [4.69, 9.17) is 9.99 Å². The molecular weight excluding hydrogens is 260 g/mol. The standard InChI is InChI=1S/C14H24O.CH4O2S/c1-3-5-7-9-10-12-14-15-13-11-8-6-4-2;1-4-3-2/h3,5,7,9-10H,1,4,6,8,11-14H2,2H3;2H,1H3/b7-5-,10-9-;. The second-order valence-corrected chi connectivity index (χ2v) is 4.23. The van der Waals surface area contributed by atoms with E-state index >= 15 is 0 Å². The second-order valence-electron chi connectivity index (χ2n) is 3.75. The highest BCUT2D eigenvalue weighted by Gasteiger charge is 1.87. The molecule has 0 rings (SSSR count). The molecule has 0 atom stereocenters. The summed E-state index contributed by atoms with van der Waals surface area (Å²) in [5.74, 6) is 0. The third-order valence-corrected chi connectivity index (χ3v) is 2.29. The number of allylic oxidation sites excluding steroid dienone is 4. The molecule has 0 aliphatic rings. The SMILES string of the molecule is C=C/C=C\C=C/CCOCCCCCC.CSOO. The van der Waals surface area contributed by atoms with Gasteiger partial charge in [0, 0.05) is 24.9 Å². The van der Waals surface area contributed by atoms with Crippen LogP contribution in [0.5, 0.6) is 0 Å². The molecule has 0 aliphatic carbocycles. The monoisotopic (exact) mass is 288 g/mol. The molecule has 0 heterocycles. The molecule has 3 nitrogen and oxygen atoms in total. The lowest BCUT2D eigenvalue weighted by molar-refractivity contribution is -0.115. The summed E-state index contributed by atoms with van der Waals surface area (Å²) in [6.07, 6.45) is 17.6. The van der Waals surface area contributed by atoms with Gasteiger partial charge in [-0.05, 0) is 12.8 Å². The molecule has 0 aromatic rings. The summed E-state index contributed by atoms with van der Waals surface area (Å²) in [6, 6.07) is 0. The van der Waals surface area contributed by atoms with Gasteiger partial charge >= 0.3 is 0 Å². The third kappa shape index (κ3) is 26.9. The fourth-order valence-electron chi connectivity index (χ4n) is 1.20. The average molecular weight is 288 g/mol. The first-order valence-corrected chi connectivity index (χ1v) is 7.84. The molecule has 0 fully saturated rings. The Balaban J connectivity index is 0. The van der Waals surface area contributed by atoms with Gasteiger partial charge in [-0.3, -0.25) is 0 Å². The van der Waals surface area contributed by atoms with Gasteiger partial charge in [0.25, 0.3) is 0 Å². The number of unbranched alkanes of at least 4 members (excludes halogenated alkanes) is 3. The van der Waals surface area contributed by atoms with Crippen molar-refractivity contribution in [3.05, 3.63) is 37.0 Å². The van der Waals surface area contributed by atoms with E-state index in [1.807, 2.05) is 18.2 Å². The molecule has 1 N–H and O–H groups in total. The predicted octanol–water partition coefficient (Wildman–Crippen LogP) is 5.03. The van der Waals surface area contributed by atoms with Crippen LogP contribution in [0.15, 0.2) is 37.0 Å². The molecule has 0 aliphatic heterocycles. The van der Waals surface area contributed by atoms with Crippen LogP contribution < -0.4 is 0 Å². The van der Waals surface area contributed by atoms with Crippen LogP contribution in [0.2, 0.25) is 0 Å². The van der Waals surface area contributed by atoms with Crippen LogP contribution in [0.25, 0.3) is 0 Å². The molecule has 0 aromatic carbocycles. The summed E-state index contributed by atoms with van der Waals surface area (Å²) < 4.78 is 8.95. The van der Waals surface area contributed by atoms with Gasteiger partial charge in [0.1, 0.15) is 0 Å². The summed E-state index contributed by atoms with van der Waals surface area (Å²) in [5, 5.41) is 7.34. The highest BCUT2D eigenvalue weighted by Crippen LogP contribution is 1.99. The van der Waals surface area contributed by atoms with E-state index in [2.05, 4.69) is 23.9 Å². The van der Waals surface area contributed by atoms with Gasteiger partial charge in [0.2, 0.25) is 0 Å². The Kier molecular flexibility index (Phi) is 24.7. The molecule has 19 heavy (non-hydrogen) atoms. The summed E-state index contributed by atoms with van der Waals surface area (Å²) in [5.41, 5.74) is 0. The Labute approximate surface area is 122 Å². The topological polar surface area (TPSA) is 38.7 Å². The van der Waals surface area contributed by atoms with E-state index in [-0.39, 0.29) is 0 Å². The van der Waals surface area contributed by atoms with Crippen LogP contribution in [0.4, 0.5) is 0 Å². The minimum absolute atomic E-state index is 0.838. The normalized spacial score (nSPS) is 10.7. The maximum atomic E-state index is 7.34. The Morgan fingerprint density at radius 1 is 1.11 bits per heavy atom. The zero-order valence-electron chi connectivity index (χ0n) is 12.2. The first kappa shape index (κ1) is 20.8. The van der Waals surface area contributed by atoms with Crippen LogP contribution in [0.1, 0.15) is 39.0 Å². The molecule has 0 aromatic heterocycles. The molecule has 0 saturated carbocycles. The molecule has 4 heteroatoms. The van der Waals surface area contributed by atoms with E-state index in [1.54, 1.807) is 12.3 Å². The summed E-state index contributed by atoms with van der Waals surface area (Å²) in [7, 11) is 0. The van der Waals surface area contributed by atoms with Crippen molar-refractivity contribution in [1.82, 2.24) is 0 Å². The summed E-state index contributed by atoms with van der Waals surface area (Å²) >= 11 is 0.912. The lowest BCUT2D eigenvalue weighted by Crippen LogP contribution is -1.95. The van der Waals surface area contributed by atoms with Crippen LogP contribution >= 0.6 is 12.0 Å². The fourth-order valence-corrected chi connectivity index (χ4v) is 1.20. The maximum Gasteiger partial charge on any atom is 0.0500 e. The Bertz CT molecular complexity index is 213. The zero-order valence-corrected chi connectivity index (χ0v) is 13.0. The van der Waals surface area contributed by atoms with E-state index in [0.717, 1.165) is 31.7 Å². The average Bonchev–Trinajstić information content (AvgIpc) is 2.45. The van der Waals surface area contributed by atoms with Crippen molar-refractivity contribution >= 4 is 12.0 Å². The lowest BCUT2D eigenvalue weighted by atomic mass is 10.2. The Morgan fingerprint density at radius 3 is 2.42 bits per heavy atom. The first-order valence-electron chi connectivity index (χ1n) is 6.69. The van der Waals surface area contributed by atoms with Crippen LogP contribution in [-0.4, -0.2) is 24.7 Å². The van der Waals surface area contributed by atoms with Crippen LogP contribution in [0, 0.1) is 0 Å². The predicted molar refractivity (Wildman–Crippen MR) is 85.3 cm³/mol. The fraction of sp³-hybridized carbons (Fsp3) is 0.600. The molecule has 0 spiro atoms. The highest BCUT2D eigenvalue weighted by molar-refractivity contribution is 7.93. The summed E-state index contributed by atoms with van der Waals surface area (Å²) in [6.45, 7) is 7.57. The van der Waals surface area contributed by atoms with Crippen molar-refractivity contribution in [3.8, 4) is 0 Å².